The summed E-state index contributed by atoms with van der Waals surface area (Å²) in [5, 5.41) is 0. The van der Waals surface area contributed by atoms with Crippen LogP contribution in [-0.4, -0.2) is 39.6 Å². The van der Waals surface area contributed by atoms with Crippen LogP contribution in [0, 0.1) is 5.92 Å². The van der Waals surface area contributed by atoms with Crippen molar-refractivity contribution in [3.05, 3.63) is 36.7 Å². The van der Waals surface area contributed by atoms with Gasteiger partial charge in [0.15, 0.2) is 17.2 Å². The third kappa shape index (κ3) is 2.41. The number of likely N-dealkylation sites (tertiary alicyclic amines) is 1. The summed E-state index contributed by atoms with van der Waals surface area (Å²) in [6.07, 6.45) is 5.98. The summed E-state index contributed by atoms with van der Waals surface area (Å²) in [6, 6.07) is 7.81. The molecule has 0 saturated carbocycles. The van der Waals surface area contributed by atoms with Crippen molar-refractivity contribution in [1.82, 2.24) is 19.4 Å². The van der Waals surface area contributed by atoms with E-state index in [-0.39, 0.29) is 0 Å². The van der Waals surface area contributed by atoms with Crippen LogP contribution < -0.4 is 0 Å². The molecule has 0 amide bonds. The second-order valence-corrected chi connectivity index (χ2v) is 6.12. The van der Waals surface area contributed by atoms with Gasteiger partial charge in [-0.1, -0.05) is 0 Å². The van der Waals surface area contributed by atoms with Crippen LogP contribution >= 0.6 is 0 Å². The first-order valence-electron chi connectivity index (χ1n) is 7.85. The molecule has 0 N–H and O–H groups in total. The van der Waals surface area contributed by atoms with E-state index in [9.17, 15) is 0 Å². The first-order valence-corrected chi connectivity index (χ1v) is 7.85. The molecule has 5 heteroatoms. The van der Waals surface area contributed by atoms with E-state index in [1.807, 2.05) is 30.5 Å². The Balaban J connectivity index is 1.73. The Bertz CT molecular complexity index is 754. The molecule has 0 bridgehead atoms. The van der Waals surface area contributed by atoms with Crippen LogP contribution in [0.25, 0.3) is 22.7 Å². The van der Waals surface area contributed by atoms with Crippen LogP contribution in [-0.2, 0) is 6.54 Å². The van der Waals surface area contributed by atoms with Gasteiger partial charge in [-0.25, -0.2) is 9.97 Å². The highest BCUT2D eigenvalue weighted by atomic mass is 16.3. The smallest absolute Gasteiger partial charge is 0.178 e. The van der Waals surface area contributed by atoms with E-state index in [0.29, 0.717) is 5.92 Å². The van der Waals surface area contributed by atoms with Crippen molar-refractivity contribution in [3.8, 4) is 11.6 Å². The summed E-state index contributed by atoms with van der Waals surface area (Å²) in [4.78, 5) is 11.7. The van der Waals surface area contributed by atoms with Crippen LogP contribution in [0.4, 0.5) is 0 Å². The van der Waals surface area contributed by atoms with Crippen LogP contribution in [0.5, 0.6) is 0 Å². The third-order valence-corrected chi connectivity index (χ3v) is 4.52. The first kappa shape index (κ1) is 13.5. The monoisotopic (exact) mass is 296 g/mol. The van der Waals surface area contributed by atoms with Crippen molar-refractivity contribution in [3.63, 3.8) is 0 Å². The van der Waals surface area contributed by atoms with Gasteiger partial charge >= 0.3 is 0 Å². The standard InChI is InChI=1S/C17H20N4O/c1-20-9-6-13(7-10-20)12-21-16-14(4-2-8-18-16)19-17(21)15-5-3-11-22-15/h2-5,8,11,13H,6-7,9-10,12H2,1H3. The van der Waals surface area contributed by atoms with Crippen molar-refractivity contribution in [2.45, 2.75) is 19.4 Å². The van der Waals surface area contributed by atoms with Crippen molar-refractivity contribution in [2.24, 2.45) is 5.92 Å². The normalized spacial score (nSPS) is 17.3. The maximum atomic E-state index is 5.58. The zero-order valence-electron chi connectivity index (χ0n) is 12.8. The lowest BCUT2D eigenvalue weighted by atomic mass is 9.97. The van der Waals surface area contributed by atoms with Gasteiger partial charge in [-0.05, 0) is 63.2 Å². The van der Waals surface area contributed by atoms with Gasteiger partial charge in [-0.2, -0.15) is 0 Å². The van der Waals surface area contributed by atoms with E-state index in [0.717, 1.165) is 29.3 Å². The number of fused-ring (bicyclic) bond motifs is 1. The van der Waals surface area contributed by atoms with E-state index in [1.165, 1.54) is 25.9 Å². The highest BCUT2D eigenvalue weighted by Gasteiger charge is 2.21. The average Bonchev–Trinajstić information content (AvgIpc) is 3.18. The summed E-state index contributed by atoms with van der Waals surface area (Å²) in [5.74, 6) is 2.37. The Kier molecular flexibility index (Phi) is 3.42. The van der Waals surface area contributed by atoms with E-state index >= 15 is 0 Å². The van der Waals surface area contributed by atoms with Crippen LogP contribution in [0.1, 0.15) is 12.8 Å². The summed E-state index contributed by atoms with van der Waals surface area (Å²) < 4.78 is 7.80. The number of nitrogens with zero attached hydrogens (tertiary/aromatic N) is 4. The van der Waals surface area contributed by atoms with Gasteiger partial charge < -0.3 is 13.9 Å². The number of hydrogen-bond acceptors (Lipinski definition) is 4. The van der Waals surface area contributed by atoms with Gasteiger partial charge in [0.05, 0.1) is 6.26 Å². The summed E-state index contributed by atoms with van der Waals surface area (Å²) in [5.41, 5.74) is 1.88. The fraction of sp³-hybridized carbons (Fsp3) is 0.412. The topological polar surface area (TPSA) is 47.1 Å². The average molecular weight is 296 g/mol. The maximum Gasteiger partial charge on any atom is 0.178 e. The second-order valence-electron chi connectivity index (χ2n) is 6.12. The molecule has 0 aromatic carbocycles. The molecule has 4 heterocycles. The Morgan fingerprint density at radius 2 is 2.09 bits per heavy atom. The van der Waals surface area contributed by atoms with Gasteiger partial charge in [-0.3, -0.25) is 0 Å². The minimum atomic E-state index is 0.671. The highest BCUT2D eigenvalue weighted by molar-refractivity contribution is 5.75. The molecule has 1 saturated heterocycles. The van der Waals surface area contributed by atoms with E-state index in [2.05, 4.69) is 21.5 Å². The molecule has 1 fully saturated rings. The lowest BCUT2D eigenvalue weighted by molar-refractivity contribution is 0.206. The van der Waals surface area contributed by atoms with E-state index in [1.54, 1.807) is 6.26 Å². The van der Waals surface area contributed by atoms with Gasteiger partial charge in [0.2, 0.25) is 0 Å². The van der Waals surface area contributed by atoms with Gasteiger partial charge in [0.25, 0.3) is 0 Å². The molecule has 5 nitrogen and oxygen atoms in total. The van der Waals surface area contributed by atoms with E-state index in [4.69, 9.17) is 9.40 Å². The van der Waals surface area contributed by atoms with Gasteiger partial charge in [0, 0.05) is 12.7 Å². The molecule has 22 heavy (non-hydrogen) atoms. The number of aromatic nitrogens is 3. The molecule has 0 unspecified atom stereocenters. The van der Waals surface area contributed by atoms with E-state index < -0.39 is 0 Å². The molecule has 0 radical (unpaired) electrons. The number of rotatable bonds is 3. The van der Waals surface area contributed by atoms with Crippen molar-refractivity contribution < 1.29 is 4.42 Å². The van der Waals surface area contributed by atoms with Crippen LogP contribution in [0.15, 0.2) is 41.1 Å². The van der Waals surface area contributed by atoms with Crippen LogP contribution in [0.3, 0.4) is 0 Å². The Morgan fingerprint density at radius 3 is 2.86 bits per heavy atom. The molecule has 1 aliphatic rings. The van der Waals surface area contributed by atoms with Crippen molar-refractivity contribution in [2.75, 3.05) is 20.1 Å². The van der Waals surface area contributed by atoms with Gasteiger partial charge in [-0.15, -0.1) is 0 Å². The Hall–Kier alpha value is -2.14. The largest absolute Gasteiger partial charge is 0.461 e. The molecule has 0 spiro atoms. The molecule has 0 atom stereocenters. The quantitative estimate of drug-likeness (QED) is 0.745. The predicted molar refractivity (Wildman–Crippen MR) is 85.5 cm³/mol. The molecule has 3 aromatic heterocycles. The number of furan rings is 1. The zero-order chi connectivity index (χ0) is 14.9. The number of imidazole rings is 1. The predicted octanol–water partition coefficient (Wildman–Crippen LogP) is 3.03. The fourth-order valence-electron chi connectivity index (χ4n) is 3.23. The molecular weight excluding hydrogens is 276 g/mol. The minimum Gasteiger partial charge on any atom is -0.461 e. The van der Waals surface area contributed by atoms with Crippen molar-refractivity contribution in [1.29, 1.82) is 0 Å². The minimum absolute atomic E-state index is 0.671. The van der Waals surface area contributed by atoms with Crippen LogP contribution in [0.2, 0.25) is 0 Å². The lowest BCUT2D eigenvalue weighted by Crippen LogP contribution is -2.32. The molecule has 114 valence electrons. The molecule has 0 aliphatic carbocycles. The second kappa shape index (κ2) is 5.57. The maximum absolute atomic E-state index is 5.58. The molecule has 3 aromatic rings. The molecule has 1 aliphatic heterocycles. The number of hydrogen-bond donors (Lipinski definition) is 0. The Labute approximate surface area is 129 Å². The summed E-state index contributed by atoms with van der Waals surface area (Å²) in [6.45, 7) is 3.29. The number of pyridine rings is 1. The SMILES string of the molecule is CN1CCC(Cn2c(-c3ccco3)nc3cccnc32)CC1. The third-order valence-electron chi connectivity index (χ3n) is 4.52. The lowest BCUT2D eigenvalue weighted by Gasteiger charge is -2.29. The first-order chi connectivity index (χ1) is 10.8. The highest BCUT2D eigenvalue weighted by Crippen LogP contribution is 2.27. The van der Waals surface area contributed by atoms with Gasteiger partial charge in [0.1, 0.15) is 5.52 Å². The van der Waals surface area contributed by atoms with Crippen molar-refractivity contribution >= 4 is 11.2 Å². The zero-order valence-corrected chi connectivity index (χ0v) is 12.8. The summed E-state index contributed by atoms with van der Waals surface area (Å²) in [7, 11) is 2.19. The Morgan fingerprint density at radius 1 is 1.23 bits per heavy atom. The molecule has 4 rings (SSSR count). The fourth-order valence-corrected chi connectivity index (χ4v) is 3.23. The molecular formula is C17H20N4O. The number of piperidine rings is 1. The summed E-state index contributed by atoms with van der Waals surface area (Å²) >= 11 is 0.